The highest BCUT2D eigenvalue weighted by Gasteiger charge is 2.16. The number of carboxylic acids is 1. The number of carbonyl (C=O) groups is 1. The molecule has 21 heavy (non-hydrogen) atoms. The second kappa shape index (κ2) is 5.33. The topological polar surface area (TPSA) is 130 Å². The molecular formula is C13H12N2O5S. The lowest BCUT2D eigenvalue weighted by molar-refractivity contribution is 0.0697. The highest BCUT2D eigenvalue weighted by Crippen LogP contribution is 2.24. The van der Waals surface area contributed by atoms with E-state index in [1.807, 2.05) is 0 Å². The van der Waals surface area contributed by atoms with Crippen molar-refractivity contribution in [2.45, 2.75) is 4.90 Å². The van der Waals surface area contributed by atoms with Gasteiger partial charge in [-0.25, -0.2) is 13.2 Å². The Morgan fingerprint density at radius 1 is 1.14 bits per heavy atom. The van der Waals surface area contributed by atoms with Crippen molar-refractivity contribution in [1.82, 2.24) is 0 Å². The molecular weight excluding hydrogens is 296 g/mol. The van der Waals surface area contributed by atoms with Crippen LogP contribution in [0.2, 0.25) is 0 Å². The molecule has 0 aromatic heterocycles. The molecule has 0 spiro atoms. The zero-order valence-corrected chi connectivity index (χ0v) is 11.5. The first-order chi connectivity index (χ1) is 9.79. The third kappa shape index (κ3) is 3.23. The number of carboxylic acid groups (broad SMARTS) is 1. The molecule has 0 saturated heterocycles. The van der Waals surface area contributed by atoms with Gasteiger partial charge in [-0.15, -0.1) is 0 Å². The first kappa shape index (κ1) is 14.7. The maximum Gasteiger partial charge on any atom is 0.335 e. The SMILES string of the molecule is Nc1cc(S(=O)(=O)Nc2cccc(C(=O)O)c2)ccc1O. The zero-order valence-electron chi connectivity index (χ0n) is 10.6. The third-order valence-electron chi connectivity index (χ3n) is 2.67. The van der Waals surface area contributed by atoms with E-state index >= 15 is 0 Å². The molecule has 0 atom stereocenters. The van der Waals surface area contributed by atoms with Crippen LogP contribution in [0.25, 0.3) is 0 Å². The summed E-state index contributed by atoms with van der Waals surface area (Å²) in [6.07, 6.45) is 0. The average Bonchev–Trinajstić information content (AvgIpc) is 2.41. The van der Waals surface area contributed by atoms with Gasteiger partial charge < -0.3 is 15.9 Å². The summed E-state index contributed by atoms with van der Waals surface area (Å²) in [6, 6.07) is 8.86. The molecule has 0 unspecified atom stereocenters. The number of nitrogens with two attached hydrogens (primary N) is 1. The molecule has 0 heterocycles. The van der Waals surface area contributed by atoms with Crippen LogP contribution in [0.5, 0.6) is 5.75 Å². The summed E-state index contributed by atoms with van der Waals surface area (Å²) < 4.78 is 26.5. The summed E-state index contributed by atoms with van der Waals surface area (Å²) in [5.41, 5.74) is 5.45. The molecule has 0 radical (unpaired) electrons. The smallest absolute Gasteiger partial charge is 0.335 e. The van der Waals surface area contributed by atoms with Gasteiger partial charge in [0.1, 0.15) is 5.75 Å². The lowest BCUT2D eigenvalue weighted by Crippen LogP contribution is -2.13. The van der Waals surface area contributed by atoms with Crippen molar-refractivity contribution in [3.63, 3.8) is 0 Å². The molecule has 0 fully saturated rings. The van der Waals surface area contributed by atoms with Crippen LogP contribution in [0.15, 0.2) is 47.4 Å². The largest absolute Gasteiger partial charge is 0.506 e. The molecule has 0 saturated carbocycles. The highest BCUT2D eigenvalue weighted by atomic mass is 32.2. The molecule has 0 aliphatic carbocycles. The summed E-state index contributed by atoms with van der Waals surface area (Å²) in [5.74, 6) is -1.38. The lowest BCUT2D eigenvalue weighted by Gasteiger charge is -2.09. The van der Waals surface area contributed by atoms with Crippen LogP contribution < -0.4 is 10.5 Å². The second-order valence-corrected chi connectivity index (χ2v) is 5.89. The minimum Gasteiger partial charge on any atom is -0.506 e. The standard InChI is InChI=1S/C13H12N2O5S/c14-11-7-10(4-5-12(11)16)21(19,20)15-9-3-1-2-8(6-9)13(17)18/h1-7,15-16H,14H2,(H,17,18). The van der Waals surface area contributed by atoms with Gasteiger partial charge in [-0.05, 0) is 36.4 Å². The monoisotopic (exact) mass is 308 g/mol. The Morgan fingerprint density at radius 3 is 2.48 bits per heavy atom. The van der Waals surface area contributed by atoms with E-state index in [9.17, 15) is 18.3 Å². The Balaban J connectivity index is 2.35. The summed E-state index contributed by atoms with van der Waals surface area (Å²) in [4.78, 5) is 10.7. The van der Waals surface area contributed by atoms with Crippen LogP contribution in [-0.4, -0.2) is 24.6 Å². The Kier molecular flexibility index (Phi) is 3.72. The average molecular weight is 308 g/mol. The molecule has 8 heteroatoms. The molecule has 0 aliphatic rings. The van der Waals surface area contributed by atoms with Crippen molar-refractivity contribution >= 4 is 27.4 Å². The molecule has 7 nitrogen and oxygen atoms in total. The quantitative estimate of drug-likeness (QED) is 0.500. The van der Waals surface area contributed by atoms with Gasteiger partial charge in [0.15, 0.2) is 0 Å². The van der Waals surface area contributed by atoms with Crippen LogP contribution in [0.4, 0.5) is 11.4 Å². The Morgan fingerprint density at radius 2 is 1.86 bits per heavy atom. The summed E-state index contributed by atoms with van der Waals surface area (Å²) >= 11 is 0. The van der Waals surface area contributed by atoms with E-state index in [1.54, 1.807) is 0 Å². The summed E-state index contributed by atoms with van der Waals surface area (Å²) in [6.45, 7) is 0. The van der Waals surface area contributed by atoms with Gasteiger partial charge >= 0.3 is 5.97 Å². The molecule has 2 rings (SSSR count). The van der Waals surface area contributed by atoms with E-state index < -0.39 is 16.0 Å². The number of nitrogens with one attached hydrogen (secondary N) is 1. The first-order valence-corrected chi connectivity index (χ1v) is 7.22. The van der Waals surface area contributed by atoms with Gasteiger partial charge in [-0.1, -0.05) is 6.07 Å². The molecule has 5 N–H and O–H groups in total. The van der Waals surface area contributed by atoms with Crippen LogP contribution in [0.3, 0.4) is 0 Å². The number of phenolic OH excluding ortho intramolecular Hbond substituents is 1. The molecule has 0 amide bonds. The number of aromatic hydroxyl groups is 1. The van der Waals surface area contributed by atoms with Crippen molar-refractivity contribution in [3.8, 4) is 5.75 Å². The fraction of sp³-hybridized carbons (Fsp3) is 0. The second-order valence-electron chi connectivity index (χ2n) is 4.21. The maximum atomic E-state index is 12.2. The van der Waals surface area contributed by atoms with Gasteiger partial charge in [-0.2, -0.15) is 0 Å². The predicted octanol–water partition coefficient (Wildman–Crippen LogP) is 1.47. The minimum atomic E-state index is -3.93. The number of rotatable bonds is 4. The van der Waals surface area contributed by atoms with Gasteiger partial charge in [0.25, 0.3) is 10.0 Å². The molecule has 0 bridgehead atoms. The Labute approximate surface area is 120 Å². The minimum absolute atomic E-state index is 0.0413. The fourth-order valence-corrected chi connectivity index (χ4v) is 2.71. The van der Waals surface area contributed by atoms with Crippen LogP contribution >= 0.6 is 0 Å². The van der Waals surface area contributed by atoms with Crippen LogP contribution in [0.1, 0.15) is 10.4 Å². The normalized spacial score (nSPS) is 11.0. The Bertz CT molecular complexity index is 802. The van der Waals surface area contributed by atoms with Crippen molar-refractivity contribution in [2.24, 2.45) is 0 Å². The molecule has 2 aromatic rings. The van der Waals surface area contributed by atoms with Crippen LogP contribution in [-0.2, 0) is 10.0 Å². The van der Waals surface area contributed by atoms with E-state index in [4.69, 9.17) is 10.8 Å². The van der Waals surface area contributed by atoms with Crippen molar-refractivity contribution < 1.29 is 23.4 Å². The number of nitrogen functional groups attached to an aromatic ring is 1. The maximum absolute atomic E-state index is 12.2. The summed E-state index contributed by atoms with van der Waals surface area (Å²) in [7, 11) is -3.93. The van der Waals surface area contributed by atoms with E-state index in [2.05, 4.69) is 4.72 Å². The number of anilines is 2. The van der Waals surface area contributed by atoms with Crippen molar-refractivity contribution in [2.75, 3.05) is 10.5 Å². The predicted molar refractivity (Wildman–Crippen MR) is 76.7 cm³/mol. The van der Waals surface area contributed by atoms with E-state index in [-0.39, 0.29) is 27.6 Å². The fourth-order valence-electron chi connectivity index (χ4n) is 1.63. The molecule has 0 aliphatic heterocycles. The number of aromatic carboxylic acids is 1. The Hall–Kier alpha value is -2.74. The number of hydrogen-bond donors (Lipinski definition) is 4. The van der Waals surface area contributed by atoms with Crippen LogP contribution in [0, 0.1) is 0 Å². The van der Waals surface area contributed by atoms with Gasteiger partial charge in [0.2, 0.25) is 0 Å². The number of phenols is 1. The summed E-state index contributed by atoms with van der Waals surface area (Å²) in [5, 5.41) is 18.2. The molecule has 110 valence electrons. The van der Waals surface area contributed by atoms with Gasteiger partial charge in [-0.3, -0.25) is 4.72 Å². The van der Waals surface area contributed by atoms with E-state index in [0.29, 0.717) is 0 Å². The van der Waals surface area contributed by atoms with Crippen molar-refractivity contribution in [1.29, 1.82) is 0 Å². The van der Waals surface area contributed by atoms with E-state index in [1.165, 1.54) is 30.3 Å². The van der Waals surface area contributed by atoms with Gasteiger partial charge in [0.05, 0.1) is 16.1 Å². The lowest BCUT2D eigenvalue weighted by atomic mass is 10.2. The third-order valence-corrected chi connectivity index (χ3v) is 4.05. The molecule has 2 aromatic carbocycles. The van der Waals surface area contributed by atoms with Crippen molar-refractivity contribution in [3.05, 3.63) is 48.0 Å². The number of sulfonamides is 1. The number of hydrogen-bond acceptors (Lipinski definition) is 5. The van der Waals surface area contributed by atoms with Gasteiger partial charge in [0, 0.05) is 5.69 Å². The highest BCUT2D eigenvalue weighted by molar-refractivity contribution is 7.92. The van der Waals surface area contributed by atoms with E-state index in [0.717, 1.165) is 12.1 Å². The zero-order chi connectivity index (χ0) is 15.6. The first-order valence-electron chi connectivity index (χ1n) is 5.74. The number of benzene rings is 2.